The van der Waals surface area contributed by atoms with E-state index in [0.29, 0.717) is 76.8 Å². The minimum atomic E-state index is -0.997. The van der Waals surface area contributed by atoms with E-state index in [1.807, 2.05) is 0 Å². The van der Waals surface area contributed by atoms with Gasteiger partial charge in [-0.3, -0.25) is 39.0 Å². The highest BCUT2D eigenvalue weighted by molar-refractivity contribution is 5.89. The molecule has 0 bridgehead atoms. The van der Waals surface area contributed by atoms with Gasteiger partial charge in [0.25, 0.3) is 0 Å². The summed E-state index contributed by atoms with van der Waals surface area (Å²) in [5.41, 5.74) is 1.06. The lowest BCUT2D eigenvalue weighted by Gasteiger charge is -2.33. The van der Waals surface area contributed by atoms with Crippen molar-refractivity contribution in [3.63, 3.8) is 0 Å². The highest BCUT2D eigenvalue weighted by Gasteiger charge is 2.20. The molecule has 1 fully saturated rings. The van der Waals surface area contributed by atoms with Crippen molar-refractivity contribution in [3.05, 3.63) is 29.6 Å². The molecule has 1 aromatic rings. The number of nitrogens with zero attached hydrogens (tertiary/aromatic N) is 5. The Morgan fingerprint density at radius 1 is 0.750 bits per heavy atom. The van der Waals surface area contributed by atoms with Crippen molar-refractivity contribution in [2.75, 3.05) is 78.6 Å². The summed E-state index contributed by atoms with van der Waals surface area (Å²) in [6.07, 6.45) is 5.59. The summed E-state index contributed by atoms with van der Waals surface area (Å²) < 4.78 is 5.40. The Hall–Kier alpha value is -3.13. The zero-order chi connectivity index (χ0) is 29.3. The number of rotatable bonds is 14. The van der Waals surface area contributed by atoms with E-state index in [0.717, 1.165) is 25.7 Å². The number of aliphatic carboxylic acids is 3. The third-order valence-electron chi connectivity index (χ3n) is 6.68. The maximum absolute atomic E-state index is 12.5. The van der Waals surface area contributed by atoms with Crippen molar-refractivity contribution in [1.82, 2.24) is 24.6 Å². The summed E-state index contributed by atoms with van der Waals surface area (Å²) in [5, 5.41) is 28.1. The predicted molar refractivity (Wildman–Crippen MR) is 146 cm³/mol. The van der Waals surface area contributed by atoms with Crippen LogP contribution in [0.3, 0.4) is 0 Å². The molecule has 13 heteroatoms. The molecule has 0 aromatic carbocycles. The van der Waals surface area contributed by atoms with E-state index in [1.165, 1.54) is 0 Å². The number of unbranched alkanes of at least 4 members (excludes halogenated alkanes) is 3. The van der Waals surface area contributed by atoms with Gasteiger partial charge in [-0.25, -0.2) is 4.79 Å². The molecule has 1 saturated heterocycles. The zero-order valence-corrected chi connectivity index (χ0v) is 23.4. The van der Waals surface area contributed by atoms with Crippen LogP contribution in [-0.4, -0.2) is 142 Å². The molecule has 0 amide bonds. The van der Waals surface area contributed by atoms with Crippen LogP contribution in [0.2, 0.25) is 0 Å². The molecule has 2 rings (SSSR count). The zero-order valence-electron chi connectivity index (χ0n) is 23.4. The Balaban J connectivity index is 2.13. The standard InChI is InChI=1S/C27H43N5O8/c1-2-3-4-5-16-40-27(39)22-6-7-28-23(17-22)18-29-8-10-30(19-24(33)34)12-14-32(21-26(37)38)15-13-31(11-9-29)20-25(35)36/h6-7,17H,2-5,8-16,18-21H2,1H3,(H,33,34)(H,35,36)(H,37,38). The number of pyridine rings is 1. The van der Waals surface area contributed by atoms with Crippen molar-refractivity contribution in [2.45, 2.75) is 39.2 Å². The highest BCUT2D eigenvalue weighted by atomic mass is 16.5. The number of ether oxygens (including phenoxy) is 1. The molecule has 1 aliphatic heterocycles. The van der Waals surface area contributed by atoms with Gasteiger partial charge in [-0.2, -0.15) is 0 Å². The van der Waals surface area contributed by atoms with Gasteiger partial charge in [0.15, 0.2) is 0 Å². The van der Waals surface area contributed by atoms with E-state index >= 15 is 0 Å². The molecule has 0 radical (unpaired) electrons. The Morgan fingerprint density at radius 2 is 1.23 bits per heavy atom. The first-order chi connectivity index (χ1) is 19.2. The number of hydrogen-bond donors (Lipinski definition) is 3. The molecular weight excluding hydrogens is 522 g/mol. The minimum absolute atomic E-state index is 0.183. The van der Waals surface area contributed by atoms with Crippen molar-refractivity contribution in [2.24, 2.45) is 0 Å². The molecule has 0 atom stereocenters. The molecule has 0 saturated carbocycles. The second-order valence-corrected chi connectivity index (χ2v) is 10.0. The van der Waals surface area contributed by atoms with E-state index in [1.54, 1.807) is 33.0 Å². The lowest BCUT2D eigenvalue weighted by Crippen LogP contribution is -2.48. The lowest BCUT2D eigenvalue weighted by molar-refractivity contribution is -0.140. The molecule has 1 aromatic heterocycles. The first-order valence-electron chi connectivity index (χ1n) is 13.8. The van der Waals surface area contributed by atoms with Crippen LogP contribution in [-0.2, 0) is 25.7 Å². The second-order valence-electron chi connectivity index (χ2n) is 10.0. The number of esters is 1. The number of carboxylic acids is 3. The van der Waals surface area contributed by atoms with Gasteiger partial charge >= 0.3 is 23.9 Å². The van der Waals surface area contributed by atoms with E-state index in [9.17, 15) is 34.5 Å². The van der Waals surface area contributed by atoms with Crippen molar-refractivity contribution in [3.8, 4) is 0 Å². The third kappa shape index (κ3) is 13.8. The molecule has 40 heavy (non-hydrogen) atoms. The fraction of sp³-hybridized carbons (Fsp3) is 0.667. The van der Waals surface area contributed by atoms with E-state index < -0.39 is 23.9 Å². The normalized spacial score (nSPS) is 17.0. The lowest BCUT2D eigenvalue weighted by atomic mass is 10.2. The smallest absolute Gasteiger partial charge is 0.338 e. The van der Waals surface area contributed by atoms with Gasteiger partial charge in [0.1, 0.15) is 0 Å². The van der Waals surface area contributed by atoms with E-state index in [2.05, 4.69) is 16.8 Å². The van der Waals surface area contributed by atoms with Gasteiger partial charge in [0.05, 0.1) is 37.5 Å². The maximum Gasteiger partial charge on any atom is 0.338 e. The number of aromatic nitrogens is 1. The summed E-state index contributed by atoms with van der Waals surface area (Å²) in [5.74, 6) is -3.35. The molecule has 224 valence electrons. The van der Waals surface area contributed by atoms with Crippen LogP contribution in [0.15, 0.2) is 18.3 Å². The molecule has 0 aliphatic carbocycles. The van der Waals surface area contributed by atoms with Crippen LogP contribution in [0, 0.1) is 0 Å². The quantitative estimate of drug-likeness (QED) is 0.214. The number of carbonyl (C=O) groups excluding carboxylic acids is 1. The molecule has 13 nitrogen and oxygen atoms in total. The van der Waals surface area contributed by atoms with Gasteiger partial charge in [0.2, 0.25) is 0 Å². The molecule has 0 spiro atoms. The molecular formula is C27H43N5O8. The van der Waals surface area contributed by atoms with Crippen LogP contribution in [0.5, 0.6) is 0 Å². The van der Waals surface area contributed by atoms with E-state index in [-0.39, 0.29) is 19.6 Å². The average Bonchev–Trinajstić information content (AvgIpc) is 2.89. The van der Waals surface area contributed by atoms with Gasteiger partial charge in [-0.15, -0.1) is 0 Å². The SMILES string of the molecule is CCCCCCOC(=O)c1ccnc(CN2CCN(CC(=O)O)CCN(CC(=O)O)CCN(CC(=O)O)CC2)c1. The second kappa shape index (κ2) is 18.3. The minimum Gasteiger partial charge on any atom is -0.480 e. The average molecular weight is 566 g/mol. The first kappa shape index (κ1) is 33.1. The fourth-order valence-corrected chi connectivity index (χ4v) is 4.48. The fourth-order valence-electron chi connectivity index (χ4n) is 4.48. The Labute approximate surface area is 235 Å². The molecule has 1 aliphatic rings. The monoisotopic (exact) mass is 565 g/mol. The summed E-state index contributed by atoms with van der Waals surface area (Å²) in [6.45, 7) is 5.43. The topological polar surface area (TPSA) is 164 Å². The summed E-state index contributed by atoms with van der Waals surface area (Å²) in [4.78, 5) is 58.5. The Morgan fingerprint density at radius 3 is 1.68 bits per heavy atom. The number of hydrogen-bond acceptors (Lipinski definition) is 10. The summed E-state index contributed by atoms with van der Waals surface area (Å²) >= 11 is 0. The van der Waals surface area contributed by atoms with Crippen LogP contribution in [0.4, 0.5) is 0 Å². The third-order valence-corrected chi connectivity index (χ3v) is 6.68. The highest BCUT2D eigenvalue weighted by Crippen LogP contribution is 2.10. The van der Waals surface area contributed by atoms with Crippen LogP contribution in [0.25, 0.3) is 0 Å². The van der Waals surface area contributed by atoms with Gasteiger partial charge in [-0.1, -0.05) is 26.2 Å². The Kier molecular flexibility index (Phi) is 15.1. The largest absolute Gasteiger partial charge is 0.480 e. The van der Waals surface area contributed by atoms with E-state index in [4.69, 9.17) is 4.74 Å². The van der Waals surface area contributed by atoms with Gasteiger partial charge in [-0.05, 0) is 18.6 Å². The van der Waals surface area contributed by atoms with Crippen LogP contribution >= 0.6 is 0 Å². The summed E-state index contributed by atoms with van der Waals surface area (Å²) in [7, 11) is 0. The van der Waals surface area contributed by atoms with Crippen molar-refractivity contribution < 1.29 is 39.2 Å². The van der Waals surface area contributed by atoms with Crippen LogP contribution in [0.1, 0.15) is 48.7 Å². The molecule has 3 N–H and O–H groups in total. The summed E-state index contributed by atoms with van der Waals surface area (Å²) in [6, 6.07) is 3.30. The molecule has 0 unspecified atom stereocenters. The predicted octanol–water partition coefficient (Wildman–Crippen LogP) is 0.794. The number of carboxylic acid groups (broad SMARTS) is 3. The first-order valence-corrected chi connectivity index (χ1v) is 13.8. The van der Waals surface area contributed by atoms with Crippen molar-refractivity contribution in [1.29, 1.82) is 0 Å². The van der Waals surface area contributed by atoms with Crippen molar-refractivity contribution >= 4 is 23.9 Å². The number of carbonyl (C=O) groups is 4. The van der Waals surface area contributed by atoms with Gasteiger partial charge in [0, 0.05) is 65.1 Å². The maximum atomic E-state index is 12.5. The molecule has 2 heterocycles. The Bertz CT molecular complexity index is 931. The van der Waals surface area contributed by atoms with Gasteiger partial charge < -0.3 is 20.1 Å². The van der Waals surface area contributed by atoms with Crippen LogP contribution < -0.4 is 0 Å².